The van der Waals surface area contributed by atoms with Crippen LogP contribution in [0.2, 0.25) is 0 Å². The Hall–Kier alpha value is -4.33. The van der Waals surface area contributed by atoms with E-state index < -0.39 is 23.7 Å². The molecule has 0 bridgehead atoms. The van der Waals surface area contributed by atoms with Crippen LogP contribution < -0.4 is 15.4 Å². The molecule has 0 aliphatic carbocycles. The zero-order valence-electron chi connectivity index (χ0n) is 28.5. The predicted octanol–water partition coefficient (Wildman–Crippen LogP) is 7.74. The van der Waals surface area contributed by atoms with Gasteiger partial charge in [0.15, 0.2) is 0 Å². The number of likely N-dealkylation sites (tertiary alicyclic amines) is 1. The number of piperidine rings is 1. The van der Waals surface area contributed by atoms with Gasteiger partial charge >= 0.3 is 6.09 Å². The molecule has 2 atom stereocenters. The lowest BCUT2D eigenvalue weighted by molar-refractivity contribution is -0.123. The molecule has 2 N–H and O–H groups in total. The summed E-state index contributed by atoms with van der Waals surface area (Å²) in [5.74, 6) is -0.00623. The van der Waals surface area contributed by atoms with Gasteiger partial charge in [0, 0.05) is 17.8 Å². The maximum Gasteiger partial charge on any atom is 0.407 e. The average Bonchev–Trinajstić information content (AvgIpc) is 2.98. The second kappa shape index (κ2) is 14.4. The molecule has 3 amide bonds. The lowest BCUT2D eigenvalue weighted by atomic mass is 9.83. The summed E-state index contributed by atoms with van der Waals surface area (Å²) in [5.41, 5.74) is 4.63. The number of hydrogen-bond acceptors (Lipinski definition) is 5. The van der Waals surface area contributed by atoms with Crippen molar-refractivity contribution in [3.8, 4) is 5.75 Å². The van der Waals surface area contributed by atoms with Crippen LogP contribution >= 0.6 is 0 Å². The molecule has 1 aliphatic rings. The van der Waals surface area contributed by atoms with E-state index >= 15 is 0 Å². The Morgan fingerprint density at radius 2 is 1.54 bits per heavy atom. The van der Waals surface area contributed by atoms with E-state index in [1.54, 1.807) is 0 Å². The maximum absolute atomic E-state index is 14.2. The summed E-state index contributed by atoms with van der Waals surface area (Å²) >= 11 is 0. The minimum absolute atomic E-state index is 0.0572. The molecule has 1 saturated heterocycles. The van der Waals surface area contributed by atoms with Crippen LogP contribution in [-0.2, 0) is 14.9 Å². The van der Waals surface area contributed by atoms with E-state index in [0.717, 1.165) is 34.4 Å². The van der Waals surface area contributed by atoms with Crippen LogP contribution in [0, 0.1) is 19.8 Å². The smallest absolute Gasteiger partial charge is 0.407 e. The van der Waals surface area contributed by atoms with Crippen molar-refractivity contribution in [1.82, 2.24) is 10.2 Å². The number of anilines is 1. The van der Waals surface area contributed by atoms with Crippen LogP contribution in [0.25, 0.3) is 0 Å². The fourth-order valence-corrected chi connectivity index (χ4v) is 5.90. The van der Waals surface area contributed by atoms with Gasteiger partial charge in [0.05, 0.1) is 18.5 Å². The molecule has 8 nitrogen and oxygen atoms in total. The van der Waals surface area contributed by atoms with Crippen molar-refractivity contribution in [2.75, 3.05) is 25.0 Å². The topological polar surface area (TPSA) is 97.0 Å². The molecule has 3 aromatic carbocycles. The monoisotopic (exact) mass is 627 g/mol. The Balaban J connectivity index is 1.57. The summed E-state index contributed by atoms with van der Waals surface area (Å²) in [6.45, 7) is 16.9. The van der Waals surface area contributed by atoms with Crippen LogP contribution in [0.15, 0.2) is 66.7 Å². The molecule has 0 spiro atoms. The van der Waals surface area contributed by atoms with E-state index in [-0.39, 0.29) is 30.4 Å². The Kier molecular flexibility index (Phi) is 10.8. The van der Waals surface area contributed by atoms with Gasteiger partial charge < -0.3 is 25.0 Å². The highest BCUT2D eigenvalue weighted by Gasteiger charge is 2.40. The molecule has 1 aliphatic heterocycles. The first-order valence-electron chi connectivity index (χ1n) is 16.1. The molecular formula is C38H49N3O5. The Labute approximate surface area is 273 Å². The number of nitrogens with one attached hydrogen (secondary N) is 2. The molecule has 0 saturated carbocycles. The van der Waals surface area contributed by atoms with E-state index in [1.807, 2.05) is 100 Å². The highest BCUT2D eigenvalue weighted by molar-refractivity contribution is 5.99. The standard InChI is InChI=1S/C38H49N3O5/c1-25-12-9-13-26(2)32(25)35(43)41-22-11-16-31(34(42)40-29-15-10-14-28(24-29)37(3,4)5)33(41)27-17-19-30(20-18-27)45-23-21-39-36(44)46-38(6,7)8/h9-10,12-15,17-20,24,31,33H,11,16,21-23H2,1-8H3,(H,39,44)(H,40,42). The maximum atomic E-state index is 14.2. The van der Waals surface area contributed by atoms with Crippen molar-refractivity contribution < 1.29 is 23.9 Å². The van der Waals surface area contributed by atoms with Crippen LogP contribution in [0.5, 0.6) is 5.75 Å². The zero-order valence-corrected chi connectivity index (χ0v) is 28.5. The van der Waals surface area contributed by atoms with Gasteiger partial charge in [0.25, 0.3) is 5.91 Å². The van der Waals surface area contributed by atoms with Gasteiger partial charge in [0.1, 0.15) is 18.0 Å². The number of amides is 3. The molecule has 4 rings (SSSR count). The van der Waals surface area contributed by atoms with Gasteiger partial charge in [-0.1, -0.05) is 63.2 Å². The number of ether oxygens (including phenoxy) is 2. The minimum Gasteiger partial charge on any atom is -0.492 e. The number of nitrogens with zero attached hydrogens (tertiary/aromatic N) is 1. The van der Waals surface area contributed by atoms with E-state index in [4.69, 9.17) is 9.47 Å². The first-order valence-corrected chi connectivity index (χ1v) is 16.1. The number of alkyl carbamates (subject to hydrolysis) is 1. The van der Waals surface area contributed by atoms with Crippen molar-refractivity contribution in [3.05, 3.63) is 94.5 Å². The van der Waals surface area contributed by atoms with Gasteiger partial charge in [-0.25, -0.2) is 4.79 Å². The number of aryl methyl sites for hydroxylation is 2. The third-order valence-corrected chi connectivity index (χ3v) is 8.18. The zero-order chi connectivity index (χ0) is 33.6. The number of rotatable bonds is 8. The number of benzene rings is 3. The van der Waals surface area contributed by atoms with E-state index in [2.05, 4.69) is 37.5 Å². The van der Waals surface area contributed by atoms with Crippen LogP contribution in [0.3, 0.4) is 0 Å². The molecular weight excluding hydrogens is 578 g/mol. The van der Waals surface area contributed by atoms with Crippen molar-refractivity contribution in [2.24, 2.45) is 5.92 Å². The predicted molar refractivity (Wildman–Crippen MR) is 182 cm³/mol. The highest BCUT2D eigenvalue weighted by atomic mass is 16.6. The van der Waals surface area contributed by atoms with Crippen molar-refractivity contribution >= 4 is 23.6 Å². The van der Waals surface area contributed by atoms with Crippen LogP contribution in [0.1, 0.15) is 93.0 Å². The number of carbonyl (C=O) groups excluding carboxylic acids is 3. The normalized spacial score (nSPS) is 16.8. The van der Waals surface area contributed by atoms with Gasteiger partial charge in [-0.15, -0.1) is 0 Å². The molecule has 0 aromatic heterocycles. The first-order chi connectivity index (χ1) is 21.6. The largest absolute Gasteiger partial charge is 0.492 e. The average molecular weight is 628 g/mol. The second-order valence-corrected chi connectivity index (χ2v) is 14.1. The molecule has 246 valence electrons. The Morgan fingerprint density at radius 3 is 2.17 bits per heavy atom. The summed E-state index contributed by atoms with van der Waals surface area (Å²) < 4.78 is 11.1. The van der Waals surface area contributed by atoms with Crippen molar-refractivity contribution in [1.29, 1.82) is 0 Å². The Bertz CT molecular complexity index is 1510. The van der Waals surface area contributed by atoms with Gasteiger partial charge in [-0.3, -0.25) is 9.59 Å². The molecule has 1 fully saturated rings. The highest BCUT2D eigenvalue weighted by Crippen LogP contribution is 2.39. The van der Waals surface area contributed by atoms with Crippen LogP contribution in [-0.4, -0.2) is 48.1 Å². The summed E-state index contributed by atoms with van der Waals surface area (Å²) in [6.07, 6.45) is 0.881. The second-order valence-electron chi connectivity index (χ2n) is 14.1. The summed E-state index contributed by atoms with van der Waals surface area (Å²) in [5, 5.41) is 5.86. The van der Waals surface area contributed by atoms with Gasteiger partial charge in [0.2, 0.25) is 5.91 Å². The summed E-state index contributed by atoms with van der Waals surface area (Å²) in [4.78, 5) is 42.0. The van der Waals surface area contributed by atoms with Gasteiger partial charge in [-0.05, 0) is 99.4 Å². The number of carbonyl (C=O) groups is 3. The minimum atomic E-state index is -0.571. The third kappa shape index (κ3) is 8.89. The molecule has 3 aromatic rings. The first kappa shape index (κ1) is 34.5. The van der Waals surface area contributed by atoms with E-state index in [0.29, 0.717) is 24.3 Å². The van der Waals surface area contributed by atoms with Gasteiger partial charge in [-0.2, -0.15) is 0 Å². The molecule has 2 unspecified atom stereocenters. The SMILES string of the molecule is Cc1cccc(C)c1C(=O)N1CCCC(C(=O)Nc2cccc(C(C)(C)C)c2)C1c1ccc(OCCNC(=O)OC(C)(C)C)cc1. The Morgan fingerprint density at radius 1 is 0.891 bits per heavy atom. The van der Waals surface area contributed by atoms with E-state index in [9.17, 15) is 14.4 Å². The summed E-state index contributed by atoms with van der Waals surface area (Å²) in [7, 11) is 0. The number of hydrogen-bond donors (Lipinski definition) is 2. The van der Waals surface area contributed by atoms with Crippen molar-refractivity contribution in [2.45, 2.75) is 85.3 Å². The molecule has 0 radical (unpaired) electrons. The van der Waals surface area contributed by atoms with E-state index in [1.165, 1.54) is 0 Å². The lowest BCUT2D eigenvalue weighted by Crippen LogP contribution is -2.46. The fourth-order valence-electron chi connectivity index (χ4n) is 5.90. The molecule has 46 heavy (non-hydrogen) atoms. The van der Waals surface area contributed by atoms with Crippen LogP contribution in [0.4, 0.5) is 10.5 Å². The van der Waals surface area contributed by atoms with Crippen molar-refractivity contribution in [3.63, 3.8) is 0 Å². The fraction of sp³-hybridized carbons (Fsp3) is 0.447. The molecule has 8 heteroatoms. The third-order valence-electron chi connectivity index (χ3n) is 8.18. The summed E-state index contributed by atoms with van der Waals surface area (Å²) in [6, 6.07) is 20.9. The molecule has 1 heterocycles. The lowest BCUT2D eigenvalue weighted by Gasteiger charge is -2.41. The quantitative estimate of drug-likeness (QED) is 0.249.